The number of hydrogen-bond acceptors (Lipinski definition) is 4. The van der Waals surface area contributed by atoms with E-state index in [2.05, 4.69) is 15.3 Å². The van der Waals surface area contributed by atoms with E-state index < -0.39 is 0 Å². The molecule has 106 valence electrons. The van der Waals surface area contributed by atoms with Gasteiger partial charge in [-0.15, -0.1) is 0 Å². The zero-order valence-electron chi connectivity index (χ0n) is 11.2. The number of nitrogens with one attached hydrogen (secondary N) is 1. The van der Waals surface area contributed by atoms with Gasteiger partial charge in [0, 0.05) is 0 Å². The minimum atomic E-state index is -0.389. The van der Waals surface area contributed by atoms with Crippen LogP contribution in [-0.2, 0) is 0 Å². The monoisotopic (exact) mass is 283 g/mol. The van der Waals surface area contributed by atoms with E-state index in [1.807, 2.05) is 30.3 Å². The molecule has 1 atom stereocenters. The van der Waals surface area contributed by atoms with Crippen LogP contribution in [0.4, 0.5) is 10.2 Å². The Hall–Kier alpha value is -2.53. The average molecular weight is 283 g/mol. The third kappa shape index (κ3) is 2.68. The van der Waals surface area contributed by atoms with E-state index in [-0.39, 0.29) is 18.5 Å². The maximum Gasteiger partial charge on any atom is 0.140 e. The van der Waals surface area contributed by atoms with Gasteiger partial charge in [-0.3, -0.25) is 0 Å². The number of aliphatic hydroxyl groups excluding tert-OH is 1. The molecule has 0 saturated carbocycles. The number of aromatic nitrogens is 2. The summed E-state index contributed by atoms with van der Waals surface area (Å²) in [5.41, 5.74) is 1.43. The number of benzene rings is 2. The molecule has 0 radical (unpaired) electrons. The fraction of sp³-hybridized carbons (Fsp3) is 0.125. The minimum absolute atomic E-state index is 0.121. The van der Waals surface area contributed by atoms with Crippen molar-refractivity contribution in [2.24, 2.45) is 0 Å². The molecule has 1 aromatic heterocycles. The molecule has 0 fully saturated rings. The number of halogens is 1. The molecule has 4 nitrogen and oxygen atoms in total. The lowest BCUT2D eigenvalue weighted by Gasteiger charge is -2.18. The van der Waals surface area contributed by atoms with Crippen LogP contribution in [0.5, 0.6) is 0 Å². The summed E-state index contributed by atoms with van der Waals surface area (Å²) < 4.78 is 14.0. The van der Waals surface area contributed by atoms with Crippen LogP contribution in [-0.4, -0.2) is 21.7 Å². The molecule has 3 rings (SSSR count). The summed E-state index contributed by atoms with van der Waals surface area (Å²) in [5, 5.41) is 13.0. The Morgan fingerprint density at radius 2 is 1.86 bits per heavy atom. The number of fused-ring (bicyclic) bond motifs is 1. The lowest BCUT2D eigenvalue weighted by atomic mass is 10.1. The topological polar surface area (TPSA) is 58.0 Å². The van der Waals surface area contributed by atoms with Gasteiger partial charge in [-0.05, 0) is 17.7 Å². The highest BCUT2D eigenvalue weighted by atomic mass is 19.1. The number of aliphatic hydroxyl groups is 1. The zero-order chi connectivity index (χ0) is 14.7. The van der Waals surface area contributed by atoms with Crippen molar-refractivity contribution in [1.82, 2.24) is 9.97 Å². The van der Waals surface area contributed by atoms with Crippen molar-refractivity contribution in [1.29, 1.82) is 0 Å². The number of nitrogens with zero attached hydrogens (tertiary/aromatic N) is 2. The number of rotatable bonds is 4. The van der Waals surface area contributed by atoms with Crippen molar-refractivity contribution in [3.05, 3.63) is 66.2 Å². The fourth-order valence-corrected chi connectivity index (χ4v) is 2.26. The first-order valence-corrected chi connectivity index (χ1v) is 6.61. The van der Waals surface area contributed by atoms with E-state index in [1.165, 1.54) is 12.4 Å². The van der Waals surface area contributed by atoms with Gasteiger partial charge in [0.1, 0.15) is 18.0 Å². The second-order valence-electron chi connectivity index (χ2n) is 4.65. The molecule has 2 N–H and O–H groups in total. The van der Waals surface area contributed by atoms with Crippen LogP contribution in [0.1, 0.15) is 11.6 Å². The van der Waals surface area contributed by atoms with Gasteiger partial charge < -0.3 is 10.4 Å². The average Bonchev–Trinajstić information content (AvgIpc) is 2.53. The highest BCUT2D eigenvalue weighted by Gasteiger charge is 2.14. The summed E-state index contributed by atoms with van der Waals surface area (Å²) in [4.78, 5) is 8.16. The summed E-state index contributed by atoms with van der Waals surface area (Å²) in [5.74, 6) is -0.0126. The molecule has 0 amide bonds. The van der Waals surface area contributed by atoms with Gasteiger partial charge in [-0.1, -0.05) is 36.4 Å². The Morgan fingerprint density at radius 3 is 2.62 bits per heavy atom. The Labute approximate surface area is 121 Å². The SMILES string of the molecule is OCC(Nc1ncnc2cccc(F)c12)c1ccccc1. The van der Waals surface area contributed by atoms with E-state index in [1.54, 1.807) is 12.1 Å². The van der Waals surface area contributed by atoms with Crippen molar-refractivity contribution >= 4 is 16.7 Å². The molecule has 21 heavy (non-hydrogen) atoms. The van der Waals surface area contributed by atoms with Gasteiger partial charge in [0.2, 0.25) is 0 Å². The van der Waals surface area contributed by atoms with Crippen molar-refractivity contribution in [2.45, 2.75) is 6.04 Å². The third-order valence-electron chi connectivity index (χ3n) is 3.31. The van der Waals surface area contributed by atoms with Crippen LogP contribution >= 0.6 is 0 Å². The normalized spacial score (nSPS) is 12.3. The van der Waals surface area contributed by atoms with Crippen LogP contribution in [0.15, 0.2) is 54.9 Å². The van der Waals surface area contributed by atoms with Gasteiger partial charge >= 0.3 is 0 Å². The maximum atomic E-state index is 14.0. The molecule has 0 bridgehead atoms. The highest BCUT2D eigenvalue weighted by molar-refractivity contribution is 5.89. The molecule has 1 heterocycles. The lowest BCUT2D eigenvalue weighted by molar-refractivity contribution is 0.276. The van der Waals surface area contributed by atoms with E-state index in [9.17, 15) is 9.50 Å². The first-order chi connectivity index (χ1) is 10.3. The largest absolute Gasteiger partial charge is 0.394 e. The minimum Gasteiger partial charge on any atom is -0.394 e. The summed E-state index contributed by atoms with van der Waals surface area (Å²) in [6.45, 7) is -0.121. The van der Waals surface area contributed by atoms with Crippen molar-refractivity contribution < 1.29 is 9.50 Å². The summed E-state index contributed by atoms with van der Waals surface area (Å²) in [7, 11) is 0. The smallest absolute Gasteiger partial charge is 0.140 e. The van der Waals surface area contributed by atoms with Crippen LogP contribution in [0.25, 0.3) is 10.9 Å². The van der Waals surface area contributed by atoms with Crippen LogP contribution in [0.2, 0.25) is 0 Å². The highest BCUT2D eigenvalue weighted by Crippen LogP contribution is 2.26. The van der Waals surface area contributed by atoms with Gasteiger partial charge in [0.25, 0.3) is 0 Å². The summed E-state index contributed by atoms with van der Waals surface area (Å²) in [6, 6.07) is 13.8. The molecular formula is C16H14FN3O. The zero-order valence-corrected chi connectivity index (χ0v) is 11.2. The first-order valence-electron chi connectivity index (χ1n) is 6.61. The molecule has 2 aromatic carbocycles. The van der Waals surface area contributed by atoms with Crippen LogP contribution in [0.3, 0.4) is 0 Å². The molecule has 0 spiro atoms. The molecule has 0 saturated heterocycles. The predicted octanol–water partition coefficient (Wildman–Crippen LogP) is 2.91. The Morgan fingerprint density at radius 1 is 1.05 bits per heavy atom. The molecule has 0 aliphatic carbocycles. The number of anilines is 1. The number of hydrogen-bond donors (Lipinski definition) is 2. The predicted molar refractivity (Wildman–Crippen MR) is 79.4 cm³/mol. The molecule has 0 aliphatic heterocycles. The van der Waals surface area contributed by atoms with Gasteiger partial charge in [0.15, 0.2) is 0 Å². The molecule has 5 heteroatoms. The second kappa shape index (κ2) is 5.85. The van der Waals surface area contributed by atoms with Crippen LogP contribution in [0, 0.1) is 5.82 Å². The van der Waals surface area contributed by atoms with E-state index >= 15 is 0 Å². The second-order valence-corrected chi connectivity index (χ2v) is 4.65. The van der Waals surface area contributed by atoms with Gasteiger partial charge in [-0.2, -0.15) is 0 Å². The Balaban J connectivity index is 2.01. The van der Waals surface area contributed by atoms with Crippen LogP contribution < -0.4 is 5.32 Å². The Bertz CT molecular complexity index is 744. The van der Waals surface area contributed by atoms with Gasteiger partial charge in [0.05, 0.1) is 23.6 Å². The van der Waals surface area contributed by atoms with E-state index in [0.717, 1.165) is 5.56 Å². The standard InChI is InChI=1S/C16H14FN3O/c17-12-7-4-8-13-15(12)16(19-10-18-13)20-14(9-21)11-5-2-1-3-6-11/h1-8,10,14,21H,9H2,(H,18,19,20). The maximum absolute atomic E-state index is 14.0. The lowest BCUT2D eigenvalue weighted by Crippen LogP contribution is -2.16. The van der Waals surface area contributed by atoms with Crippen molar-refractivity contribution in [2.75, 3.05) is 11.9 Å². The fourth-order valence-electron chi connectivity index (χ4n) is 2.26. The molecule has 0 aliphatic rings. The van der Waals surface area contributed by atoms with E-state index in [0.29, 0.717) is 16.7 Å². The Kier molecular flexibility index (Phi) is 3.75. The quantitative estimate of drug-likeness (QED) is 0.773. The summed E-state index contributed by atoms with van der Waals surface area (Å²) >= 11 is 0. The first kappa shape index (κ1) is 13.5. The van der Waals surface area contributed by atoms with Crippen molar-refractivity contribution in [3.8, 4) is 0 Å². The summed E-state index contributed by atoms with van der Waals surface area (Å²) in [6.07, 6.45) is 1.38. The van der Waals surface area contributed by atoms with Gasteiger partial charge in [-0.25, -0.2) is 14.4 Å². The van der Waals surface area contributed by atoms with Crippen molar-refractivity contribution in [3.63, 3.8) is 0 Å². The molecular weight excluding hydrogens is 269 g/mol. The van der Waals surface area contributed by atoms with E-state index in [4.69, 9.17) is 0 Å². The molecule has 3 aromatic rings. The third-order valence-corrected chi connectivity index (χ3v) is 3.31. The molecule has 1 unspecified atom stereocenters.